The summed E-state index contributed by atoms with van der Waals surface area (Å²) in [7, 11) is 0. The molecule has 0 amide bonds. The van der Waals surface area contributed by atoms with Crippen molar-refractivity contribution < 1.29 is 9.84 Å². The average molecular weight is 219 g/mol. The zero-order chi connectivity index (χ0) is 12.0. The van der Waals surface area contributed by atoms with Crippen molar-refractivity contribution in [2.75, 3.05) is 0 Å². The van der Waals surface area contributed by atoms with Crippen molar-refractivity contribution in [2.24, 2.45) is 0 Å². The van der Waals surface area contributed by atoms with E-state index >= 15 is 0 Å². The molecule has 0 spiro atoms. The molecule has 1 rings (SSSR count). The highest BCUT2D eigenvalue weighted by Crippen LogP contribution is 2.27. The standard InChI is InChI=1S/C13H17NO2/c1-3-10(9-14)16-13-8-6-5-7-11(13)12(15)4-2/h5-8,10,12,15H,3-4H2,1-2H3/t10?,12-/m0/s1. The minimum absolute atomic E-state index is 0.454. The van der Waals surface area contributed by atoms with Crippen molar-refractivity contribution in [1.82, 2.24) is 0 Å². The molecule has 0 aromatic heterocycles. The van der Waals surface area contributed by atoms with E-state index in [2.05, 4.69) is 6.07 Å². The van der Waals surface area contributed by atoms with Crippen LogP contribution in [0.1, 0.15) is 38.4 Å². The summed E-state index contributed by atoms with van der Waals surface area (Å²) in [5.41, 5.74) is 0.749. The second-order valence-corrected chi connectivity index (χ2v) is 3.61. The van der Waals surface area contributed by atoms with Crippen LogP contribution in [0.2, 0.25) is 0 Å². The van der Waals surface area contributed by atoms with E-state index in [-0.39, 0.29) is 0 Å². The van der Waals surface area contributed by atoms with Gasteiger partial charge in [0, 0.05) is 5.56 Å². The Bertz CT molecular complexity index is 370. The van der Waals surface area contributed by atoms with E-state index in [0.717, 1.165) is 5.56 Å². The van der Waals surface area contributed by atoms with Gasteiger partial charge in [-0.3, -0.25) is 0 Å². The van der Waals surface area contributed by atoms with Gasteiger partial charge in [-0.05, 0) is 18.9 Å². The van der Waals surface area contributed by atoms with Crippen molar-refractivity contribution in [1.29, 1.82) is 5.26 Å². The van der Waals surface area contributed by atoms with E-state index in [0.29, 0.717) is 18.6 Å². The Labute approximate surface area is 96.3 Å². The molecule has 0 saturated heterocycles. The van der Waals surface area contributed by atoms with Gasteiger partial charge in [0.2, 0.25) is 0 Å². The summed E-state index contributed by atoms with van der Waals surface area (Å²) < 4.78 is 5.55. The minimum Gasteiger partial charge on any atom is -0.475 e. The first-order valence-electron chi connectivity index (χ1n) is 5.56. The maximum atomic E-state index is 9.81. The summed E-state index contributed by atoms with van der Waals surface area (Å²) in [6.07, 6.45) is 0.272. The molecule has 86 valence electrons. The summed E-state index contributed by atoms with van der Waals surface area (Å²) in [5, 5.41) is 18.6. The molecule has 0 bridgehead atoms. The number of hydrogen-bond donors (Lipinski definition) is 1. The van der Waals surface area contributed by atoms with Crippen molar-refractivity contribution in [3.63, 3.8) is 0 Å². The van der Waals surface area contributed by atoms with Crippen LogP contribution in [0, 0.1) is 11.3 Å². The van der Waals surface area contributed by atoms with Crippen LogP contribution < -0.4 is 4.74 Å². The Kier molecular flexibility index (Phi) is 4.81. The molecule has 16 heavy (non-hydrogen) atoms. The number of hydrogen-bond acceptors (Lipinski definition) is 3. The summed E-state index contributed by atoms with van der Waals surface area (Å²) in [6, 6.07) is 9.39. The van der Waals surface area contributed by atoms with E-state index in [1.165, 1.54) is 0 Å². The average Bonchev–Trinajstić information content (AvgIpc) is 2.35. The number of nitrogens with zero attached hydrogens (tertiary/aromatic N) is 1. The smallest absolute Gasteiger partial charge is 0.184 e. The molecule has 1 aromatic carbocycles. The topological polar surface area (TPSA) is 53.2 Å². The molecule has 1 aromatic rings. The molecule has 0 aliphatic rings. The molecule has 0 aliphatic heterocycles. The summed E-state index contributed by atoms with van der Waals surface area (Å²) in [5.74, 6) is 0.602. The van der Waals surface area contributed by atoms with Crippen LogP contribution in [-0.2, 0) is 0 Å². The molecule has 0 fully saturated rings. The zero-order valence-corrected chi connectivity index (χ0v) is 9.68. The van der Waals surface area contributed by atoms with Crippen LogP contribution in [0.3, 0.4) is 0 Å². The fourth-order valence-corrected chi connectivity index (χ4v) is 1.44. The van der Waals surface area contributed by atoms with Gasteiger partial charge in [-0.15, -0.1) is 0 Å². The van der Waals surface area contributed by atoms with Crippen molar-refractivity contribution in [2.45, 2.75) is 38.9 Å². The van der Waals surface area contributed by atoms with Crippen molar-refractivity contribution in [3.8, 4) is 11.8 Å². The molecular weight excluding hydrogens is 202 g/mol. The number of nitriles is 1. The predicted octanol–water partition coefficient (Wildman–Crippen LogP) is 2.81. The highest BCUT2D eigenvalue weighted by molar-refractivity contribution is 5.35. The van der Waals surface area contributed by atoms with Gasteiger partial charge >= 0.3 is 0 Å². The molecule has 3 nitrogen and oxygen atoms in total. The summed E-state index contributed by atoms with van der Waals surface area (Å²) >= 11 is 0. The number of aliphatic hydroxyl groups excluding tert-OH is 1. The van der Waals surface area contributed by atoms with E-state index in [1.807, 2.05) is 32.0 Å². The Balaban J connectivity index is 2.91. The molecule has 0 saturated carbocycles. The largest absolute Gasteiger partial charge is 0.475 e. The zero-order valence-electron chi connectivity index (χ0n) is 9.68. The fraction of sp³-hybridized carbons (Fsp3) is 0.462. The Morgan fingerprint density at radius 1 is 1.31 bits per heavy atom. The number of para-hydroxylation sites is 1. The molecule has 1 unspecified atom stereocenters. The molecular formula is C13H17NO2. The first kappa shape index (κ1) is 12.5. The number of rotatable bonds is 5. The molecule has 2 atom stereocenters. The maximum Gasteiger partial charge on any atom is 0.184 e. The third-order valence-electron chi connectivity index (χ3n) is 2.45. The van der Waals surface area contributed by atoms with Crippen LogP contribution in [0.5, 0.6) is 5.75 Å². The third kappa shape index (κ3) is 2.98. The van der Waals surface area contributed by atoms with Crippen LogP contribution in [-0.4, -0.2) is 11.2 Å². The van der Waals surface area contributed by atoms with E-state index in [4.69, 9.17) is 10.00 Å². The lowest BCUT2D eigenvalue weighted by molar-refractivity contribution is 0.163. The molecule has 0 radical (unpaired) electrons. The highest BCUT2D eigenvalue weighted by atomic mass is 16.5. The lowest BCUT2D eigenvalue weighted by Crippen LogP contribution is -2.14. The molecule has 0 heterocycles. The summed E-state index contributed by atoms with van der Waals surface area (Å²) in [4.78, 5) is 0. The Morgan fingerprint density at radius 3 is 2.56 bits per heavy atom. The van der Waals surface area contributed by atoms with Gasteiger partial charge in [0.25, 0.3) is 0 Å². The SMILES string of the molecule is CCC(C#N)Oc1ccccc1[C@@H](O)CC. The van der Waals surface area contributed by atoms with Gasteiger partial charge in [-0.2, -0.15) is 5.26 Å². The Hall–Kier alpha value is -1.53. The quantitative estimate of drug-likeness (QED) is 0.828. The summed E-state index contributed by atoms with van der Waals surface area (Å²) in [6.45, 7) is 3.80. The van der Waals surface area contributed by atoms with Crippen LogP contribution in [0.4, 0.5) is 0 Å². The van der Waals surface area contributed by atoms with Crippen LogP contribution >= 0.6 is 0 Å². The second kappa shape index (κ2) is 6.14. The van der Waals surface area contributed by atoms with Crippen LogP contribution in [0.15, 0.2) is 24.3 Å². The monoisotopic (exact) mass is 219 g/mol. The molecule has 1 N–H and O–H groups in total. The van der Waals surface area contributed by atoms with Crippen LogP contribution in [0.25, 0.3) is 0 Å². The van der Waals surface area contributed by atoms with Gasteiger partial charge in [0.1, 0.15) is 11.8 Å². The molecule has 0 aliphatic carbocycles. The molecule has 3 heteroatoms. The van der Waals surface area contributed by atoms with Gasteiger partial charge in [0.05, 0.1) is 6.10 Å². The lowest BCUT2D eigenvalue weighted by atomic mass is 10.1. The lowest BCUT2D eigenvalue weighted by Gasteiger charge is -2.16. The normalized spacial score (nSPS) is 13.9. The minimum atomic E-state index is -0.535. The van der Waals surface area contributed by atoms with Crippen molar-refractivity contribution in [3.05, 3.63) is 29.8 Å². The first-order valence-corrected chi connectivity index (χ1v) is 5.56. The maximum absolute atomic E-state index is 9.81. The highest BCUT2D eigenvalue weighted by Gasteiger charge is 2.14. The van der Waals surface area contributed by atoms with Crippen molar-refractivity contribution >= 4 is 0 Å². The van der Waals surface area contributed by atoms with Gasteiger partial charge < -0.3 is 9.84 Å². The van der Waals surface area contributed by atoms with Gasteiger partial charge in [0.15, 0.2) is 6.10 Å². The van der Waals surface area contributed by atoms with E-state index in [9.17, 15) is 5.11 Å². The second-order valence-electron chi connectivity index (χ2n) is 3.61. The number of benzene rings is 1. The number of ether oxygens (including phenoxy) is 1. The van der Waals surface area contributed by atoms with Gasteiger partial charge in [-0.1, -0.05) is 32.0 Å². The van der Waals surface area contributed by atoms with Gasteiger partial charge in [-0.25, -0.2) is 0 Å². The first-order chi connectivity index (χ1) is 7.72. The fourth-order valence-electron chi connectivity index (χ4n) is 1.44. The van der Waals surface area contributed by atoms with E-state index < -0.39 is 12.2 Å². The third-order valence-corrected chi connectivity index (χ3v) is 2.45. The predicted molar refractivity (Wildman–Crippen MR) is 62.0 cm³/mol. The Morgan fingerprint density at radius 2 is 2.00 bits per heavy atom. The van der Waals surface area contributed by atoms with E-state index in [1.54, 1.807) is 6.07 Å². The number of aliphatic hydroxyl groups is 1.